The summed E-state index contributed by atoms with van der Waals surface area (Å²) in [5.41, 5.74) is -0.658. The first-order chi connectivity index (χ1) is 14.8. The fourth-order valence-electron chi connectivity index (χ4n) is 3.95. The van der Waals surface area contributed by atoms with Crippen molar-refractivity contribution >= 4 is 11.9 Å². The third-order valence-corrected chi connectivity index (χ3v) is 6.83. The highest BCUT2D eigenvalue weighted by atomic mass is 16.5. The zero-order chi connectivity index (χ0) is 23.5. The van der Waals surface area contributed by atoms with Crippen molar-refractivity contribution < 1.29 is 19.4 Å². The molecule has 4 nitrogen and oxygen atoms in total. The summed E-state index contributed by atoms with van der Waals surface area (Å²) in [5, 5.41) is 8.96. The van der Waals surface area contributed by atoms with Crippen LogP contribution in [0.25, 0.3) is 0 Å². The number of carboxylic acid groups (broad SMARTS) is 1. The summed E-state index contributed by atoms with van der Waals surface area (Å²) in [6, 6.07) is 0. The van der Waals surface area contributed by atoms with Crippen molar-refractivity contribution in [1.82, 2.24) is 0 Å². The van der Waals surface area contributed by atoms with E-state index in [1.165, 1.54) is 70.6 Å². The highest BCUT2D eigenvalue weighted by Gasteiger charge is 2.36. The topological polar surface area (TPSA) is 63.6 Å². The van der Waals surface area contributed by atoms with Crippen LogP contribution >= 0.6 is 0 Å². The largest absolute Gasteiger partial charge is 0.481 e. The molecule has 2 atom stereocenters. The van der Waals surface area contributed by atoms with Crippen molar-refractivity contribution in [3.05, 3.63) is 0 Å². The fourth-order valence-corrected chi connectivity index (χ4v) is 3.95. The molecule has 0 saturated heterocycles. The number of aliphatic carboxylic acids is 1. The number of unbranched alkanes of at least 4 members (excludes halogenated alkanes) is 11. The van der Waals surface area contributed by atoms with Gasteiger partial charge in [0, 0.05) is 6.42 Å². The number of carbonyl (C=O) groups is 2. The number of rotatable bonds is 21. The molecule has 0 saturated carbocycles. The Kier molecular flexibility index (Phi) is 17.9. The van der Waals surface area contributed by atoms with Gasteiger partial charge in [-0.2, -0.15) is 0 Å². The Morgan fingerprint density at radius 3 is 1.58 bits per heavy atom. The van der Waals surface area contributed by atoms with E-state index in [-0.39, 0.29) is 24.4 Å². The lowest BCUT2D eigenvalue weighted by molar-refractivity contribution is -0.164. The van der Waals surface area contributed by atoms with Crippen molar-refractivity contribution in [3.8, 4) is 0 Å². The van der Waals surface area contributed by atoms with E-state index in [1.54, 1.807) is 0 Å². The molecular formula is C27H52O4. The average molecular weight is 441 g/mol. The first kappa shape index (κ1) is 29.9. The SMILES string of the molecule is CCCCCCCCCC(CCCCCCCC)OC(=O)C(C)(C)C(C)CCC(=O)O. The van der Waals surface area contributed by atoms with Gasteiger partial charge in [-0.1, -0.05) is 91.4 Å². The average Bonchev–Trinajstić information content (AvgIpc) is 2.73. The molecule has 0 aliphatic carbocycles. The van der Waals surface area contributed by atoms with E-state index in [1.807, 2.05) is 20.8 Å². The molecule has 2 unspecified atom stereocenters. The van der Waals surface area contributed by atoms with Gasteiger partial charge in [-0.05, 0) is 51.9 Å². The van der Waals surface area contributed by atoms with Crippen molar-refractivity contribution in [3.63, 3.8) is 0 Å². The predicted molar refractivity (Wildman–Crippen MR) is 130 cm³/mol. The third kappa shape index (κ3) is 15.4. The van der Waals surface area contributed by atoms with Gasteiger partial charge in [0.25, 0.3) is 0 Å². The van der Waals surface area contributed by atoms with Crippen molar-refractivity contribution in [2.75, 3.05) is 0 Å². The number of carboxylic acids is 1. The van der Waals surface area contributed by atoms with E-state index in [9.17, 15) is 9.59 Å². The Bertz CT molecular complexity index is 458. The Balaban J connectivity index is 4.58. The maximum absolute atomic E-state index is 13.0. The lowest BCUT2D eigenvalue weighted by atomic mass is 9.77. The minimum atomic E-state index is -0.809. The number of esters is 1. The second-order valence-corrected chi connectivity index (χ2v) is 10.0. The molecule has 0 aromatic rings. The van der Waals surface area contributed by atoms with E-state index in [4.69, 9.17) is 9.84 Å². The van der Waals surface area contributed by atoms with Gasteiger partial charge < -0.3 is 9.84 Å². The maximum Gasteiger partial charge on any atom is 0.312 e. The zero-order valence-corrected chi connectivity index (χ0v) is 21.3. The van der Waals surface area contributed by atoms with Gasteiger partial charge in [-0.3, -0.25) is 9.59 Å². The lowest BCUT2D eigenvalue weighted by Gasteiger charge is -2.31. The smallest absolute Gasteiger partial charge is 0.312 e. The van der Waals surface area contributed by atoms with E-state index in [0.29, 0.717) is 6.42 Å². The van der Waals surface area contributed by atoms with Crippen LogP contribution in [0.15, 0.2) is 0 Å². The highest BCUT2D eigenvalue weighted by Crippen LogP contribution is 2.33. The molecule has 0 aliphatic rings. The van der Waals surface area contributed by atoms with Gasteiger partial charge >= 0.3 is 11.9 Å². The summed E-state index contributed by atoms with van der Waals surface area (Å²) in [6.07, 6.45) is 18.8. The van der Waals surface area contributed by atoms with E-state index >= 15 is 0 Å². The second-order valence-electron chi connectivity index (χ2n) is 10.0. The minimum absolute atomic E-state index is 0.000246. The molecule has 0 radical (unpaired) electrons. The van der Waals surface area contributed by atoms with Gasteiger partial charge in [0.15, 0.2) is 0 Å². The Morgan fingerprint density at radius 1 is 0.742 bits per heavy atom. The summed E-state index contributed by atoms with van der Waals surface area (Å²) in [5.74, 6) is -0.996. The summed E-state index contributed by atoms with van der Waals surface area (Å²) in [6.45, 7) is 10.2. The summed E-state index contributed by atoms with van der Waals surface area (Å²) < 4.78 is 6.03. The van der Waals surface area contributed by atoms with Gasteiger partial charge in [-0.15, -0.1) is 0 Å². The first-order valence-electron chi connectivity index (χ1n) is 13.2. The molecule has 1 N–H and O–H groups in total. The van der Waals surface area contributed by atoms with Crippen LogP contribution in [0.3, 0.4) is 0 Å². The van der Waals surface area contributed by atoms with Gasteiger partial charge in [-0.25, -0.2) is 0 Å². The summed E-state index contributed by atoms with van der Waals surface area (Å²) >= 11 is 0. The van der Waals surface area contributed by atoms with Crippen LogP contribution in [0.1, 0.15) is 144 Å². The van der Waals surface area contributed by atoms with Crippen LogP contribution in [-0.4, -0.2) is 23.1 Å². The monoisotopic (exact) mass is 440 g/mol. The molecule has 0 aromatic carbocycles. The molecule has 0 aliphatic heterocycles. The predicted octanol–water partition coefficient (Wildman–Crippen LogP) is 8.32. The molecule has 0 rings (SSSR count). The molecular weight excluding hydrogens is 388 g/mol. The number of carbonyl (C=O) groups excluding carboxylic acids is 1. The molecule has 0 amide bonds. The molecule has 0 fully saturated rings. The fraction of sp³-hybridized carbons (Fsp3) is 0.926. The second kappa shape index (κ2) is 18.5. The van der Waals surface area contributed by atoms with E-state index in [2.05, 4.69) is 13.8 Å². The van der Waals surface area contributed by atoms with Crippen LogP contribution in [-0.2, 0) is 14.3 Å². The Hall–Kier alpha value is -1.06. The normalized spacial score (nSPS) is 13.7. The molecule has 184 valence electrons. The molecule has 31 heavy (non-hydrogen) atoms. The highest BCUT2D eigenvalue weighted by molar-refractivity contribution is 5.76. The molecule has 0 heterocycles. The van der Waals surface area contributed by atoms with E-state index in [0.717, 1.165) is 25.7 Å². The Morgan fingerprint density at radius 2 is 1.16 bits per heavy atom. The van der Waals surface area contributed by atoms with Crippen molar-refractivity contribution in [2.24, 2.45) is 11.3 Å². The van der Waals surface area contributed by atoms with Crippen molar-refractivity contribution in [1.29, 1.82) is 0 Å². The molecule has 0 bridgehead atoms. The molecule has 4 heteroatoms. The van der Waals surface area contributed by atoms with Crippen molar-refractivity contribution in [2.45, 2.75) is 150 Å². The van der Waals surface area contributed by atoms with Crippen LogP contribution in [0, 0.1) is 11.3 Å². The quantitative estimate of drug-likeness (QED) is 0.144. The van der Waals surface area contributed by atoms with Crippen LogP contribution in [0.4, 0.5) is 0 Å². The summed E-state index contributed by atoms with van der Waals surface area (Å²) in [4.78, 5) is 23.9. The number of hydrogen-bond acceptors (Lipinski definition) is 3. The first-order valence-corrected chi connectivity index (χ1v) is 13.2. The minimum Gasteiger partial charge on any atom is -0.481 e. The van der Waals surface area contributed by atoms with Crippen LogP contribution < -0.4 is 0 Å². The maximum atomic E-state index is 13.0. The van der Waals surface area contributed by atoms with Crippen LogP contribution in [0.5, 0.6) is 0 Å². The van der Waals surface area contributed by atoms with Gasteiger partial charge in [0.05, 0.1) is 5.41 Å². The third-order valence-electron chi connectivity index (χ3n) is 6.83. The van der Waals surface area contributed by atoms with Gasteiger partial charge in [0.2, 0.25) is 0 Å². The Labute approximate surface area is 192 Å². The van der Waals surface area contributed by atoms with E-state index < -0.39 is 11.4 Å². The molecule has 0 spiro atoms. The standard InChI is InChI=1S/C27H52O4/c1-6-8-10-12-14-16-18-20-24(19-17-15-13-11-9-7-2)31-26(30)27(4,5)23(3)21-22-25(28)29/h23-24H,6-22H2,1-5H3,(H,28,29). The lowest BCUT2D eigenvalue weighted by Crippen LogP contribution is -2.36. The van der Waals surface area contributed by atoms with Crippen LogP contribution in [0.2, 0.25) is 0 Å². The summed E-state index contributed by atoms with van der Waals surface area (Å²) in [7, 11) is 0. The zero-order valence-electron chi connectivity index (χ0n) is 21.3. The van der Waals surface area contributed by atoms with Gasteiger partial charge in [0.1, 0.15) is 6.10 Å². The number of ether oxygens (including phenoxy) is 1. The number of hydrogen-bond donors (Lipinski definition) is 1. The molecule has 0 aromatic heterocycles.